The van der Waals surface area contributed by atoms with E-state index in [0.29, 0.717) is 67.0 Å². The minimum absolute atomic E-state index is 0.0578. The number of furan rings is 2. The Labute approximate surface area is 202 Å². The van der Waals surface area contributed by atoms with Gasteiger partial charge in [0.05, 0.1) is 45.1 Å². The fourth-order valence-electron chi connectivity index (χ4n) is 4.21. The number of nitrogens with zero attached hydrogens (tertiary/aromatic N) is 3. The summed E-state index contributed by atoms with van der Waals surface area (Å²) in [5.74, 6) is 1.43. The molecule has 1 aromatic carbocycles. The van der Waals surface area contributed by atoms with Crippen molar-refractivity contribution in [3.63, 3.8) is 0 Å². The Morgan fingerprint density at radius 3 is 2.63 bits per heavy atom. The van der Waals surface area contributed by atoms with Crippen LogP contribution in [-0.2, 0) is 9.53 Å². The fourth-order valence-corrected chi connectivity index (χ4v) is 4.21. The number of nitrogens with one attached hydrogen (secondary N) is 1. The number of hydrogen-bond acceptors (Lipinski definition) is 8. The lowest BCUT2D eigenvalue weighted by atomic mass is 10.1. The van der Waals surface area contributed by atoms with Crippen molar-refractivity contribution in [3.05, 3.63) is 72.1 Å². The highest BCUT2D eigenvalue weighted by molar-refractivity contribution is 6.01. The summed E-state index contributed by atoms with van der Waals surface area (Å²) in [5.41, 5.74) is 1.72. The lowest BCUT2D eigenvalue weighted by Crippen LogP contribution is -2.40. The van der Waals surface area contributed by atoms with Crippen molar-refractivity contribution in [2.45, 2.75) is 12.5 Å². The maximum atomic E-state index is 13.3. The van der Waals surface area contributed by atoms with E-state index in [9.17, 15) is 9.59 Å². The summed E-state index contributed by atoms with van der Waals surface area (Å²) in [4.78, 5) is 27.9. The van der Waals surface area contributed by atoms with Crippen molar-refractivity contribution in [2.24, 2.45) is 5.10 Å². The van der Waals surface area contributed by atoms with Crippen LogP contribution in [0.5, 0.6) is 5.75 Å². The van der Waals surface area contributed by atoms with Gasteiger partial charge in [0.15, 0.2) is 0 Å². The van der Waals surface area contributed by atoms with Gasteiger partial charge in [-0.1, -0.05) is 0 Å². The van der Waals surface area contributed by atoms with E-state index in [1.807, 2.05) is 12.1 Å². The van der Waals surface area contributed by atoms with Crippen LogP contribution in [0.15, 0.2) is 68.9 Å². The molecule has 0 aliphatic carbocycles. The molecule has 1 fully saturated rings. The highest BCUT2D eigenvalue weighted by Gasteiger charge is 2.35. The number of hydrogen-bond donors (Lipinski definition) is 1. The average molecular weight is 479 g/mol. The largest absolute Gasteiger partial charge is 0.495 e. The molecule has 35 heavy (non-hydrogen) atoms. The van der Waals surface area contributed by atoms with Gasteiger partial charge in [0, 0.05) is 25.1 Å². The summed E-state index contributed by atoms with van der Waals surface area (Å²) in [6.45, 7) is 2.08. The zero-order valence-electron chi connectivity index (χ0n) is 19.3. The topological polar surface area (TPSA) is 110 Å². The first-order valence-corrected chi connectivity index (χ1v) is 11.4. The van der Waals surface area contributed by atoms with E-state index in [2.05, 4.69) is 10.4 Å². The van der Waals surface area contributed by atoms with Crippen molar-refractivity contribution in [3.8, 4) is 5.75 Å². The van der Waals surface area contributed by atoms with E-state index in [1.54, 1.807) is 54.9 Å². The predicted octanol–water partition coefficient (Wildman–Crippen LogP) is 3.14. The molecule has 5 rings (SSSR count). The van der Waals surface area contributed by atoms with Gasteiger partial charge < -0.3 is 28.5 Å². The molecule has 10 heteroatoms. The van der Waals surface area contributed by atoms with Crippen LogP contribution < -0.4 is 10.1 Å². The second-order valence-corrected chi connectivity index (χ2v) is 8.17. The van der Waals surface area contributed by atoms with E-state index in [4.69, 9.17) is 18.3 Å². The number of morpholine rings is 1. The summed E-state index contributed by atoms with van der Waals surface area (Å²) in [5, 5.41) is 9.07. The Morgan fingerprint density at radius 1 is 1.11 bits per heavy atom. The van der Waals surface area contributed by atoms with Crippen molar-refractivity contribution in [2.75, 3.05) is 45.3 Å². The number of benzene rings is 1. The van der Waals surface area contributed by atoms with Gasteiger partial charge in [0.2, 0.25) is 0 Å². The number of carbonyl (C=O) groups excluding carboxylic acids is 2. The van der Waals surface area contributed by atoms with Gasteiger partial charge in [-0.05, 0) is 42.5 Å². The molecule has 2 aliphatic heterocycles. The lowest BCUT2D eigenvalue weighted by Gasteiger charge is -2.27. The first kappa shape index (κ1) is 22.7. The van der Waals surface area contributed by atoms with Gasteiger partial charge in [-0.2, -0.15) is 5.10 Å². The molecule has 1 N–H and O–H groups in total. The quantitative estimate of drug-likeness (QED) is 0.556. The average Bonchev–Trinajstić information content (AvgIpc) is 3.68. The predicted molar refractivity (Wildman–Crippen MR) is 126 cm³/mol. The van der Waals surface area contributed by atoms with Crippen LogP contribution in [0.25, 0.3) is 0 Å². The van der Waals surface area contributed by atoms with E-state index in [-0.39, 0.29) is 24.4 Å². The lowest BCUT2D eigenvalue weighted by molar-refractivity contribution is -0.131. The van der Waals surface area contributed by atoms with Crippen molar-refractivity contribution in [1.82, 2.24) is 9.91 Å². The molecule has 0 radical (unpaired) electrons. The van der Waals surface area contributed by atoms with Gasteiger partial charge in [-0.25, -0.2) is 5.01 Å². The monoisotopic (exact) mass is 478 g/mol. The number of methoxy groups -OCH3 is 1. The highest BCUT2D eigenvalue weighted by atomic mass is 16.5. The third-order valence-electron chi connectivity index (χ3n) is 6.02. The molecule has 2 amide bonds. The molecule has 2 aliphatic rings. The molecule has 0 bridgehead atoms. The SMILES string of the molecule is COc1ccc(C(=O)N2CCOCC2)cc1NCC(=O)N1N=C(c2ccco2)CC1c1ccco1. The molecule has 1 saturated heterocycles. The van der Waals surface area contributed by atoms with E-state index < -0.39 is 0 Å². The highest BCUT2D eigenvalue weighted by Crippen LogP contribution is 2.33. The molecule has 1 unspecified atom stereocenters. The number of carbonyl (C=O) groups is 2. The summed E-state index contributed by atoms with van der Waals surface area (Å²) in [7, 11) is 1.54. The molecule has 0 spiro atoms. The summed E-state index contributed by atoms with van der Waals surface area (Å²) >= 11 is 0. The molecule has 182 valence electrons. The second kappa shape index (κ2) is 10.1. The van der Waals surface area contributed by atoms with Crippen molar-refractivity contribution < 1.29 is 27.9 Å². The number of ether oxygens (including phenoxy) is 2. The summed E-state index contributed by atoms with van der Waals surface area (Å²) in [6, 6.07) is 12.0. The van der Waals surface area contributed by atoms with Crippen LogP contribution in [-0.4, -0.2) is 67.4 Å². The third-order valence-corrected chi connectivity index (χ3v) is 6.02. The molecule has 0 saturated carbocycles. The van der Waals surface area contributed by atoms with Gasteiger partial charge in [-0.15, -0.1) is 0 Å². The van der Waals surface area contributed by atoms with E-state index >= 15 is 0 Å². The van der Waals surface area contributed by atoms with Gasteiger partial charge in [0.1, 0.15) is 29.0 Å². The Morgan fingerprint density at radius 2 is 1.91 bits per heavy atom. The Hall–Kier alpha value is -4.05. The van der Waals surface area contributed by atoms with Crippen molar-refractivity contribution >= 4 is 23.2 Å². The van der Waals surface area contributed by atoms with Crippen LogP contribution >= 0.6 is 0 Å². The van der Waals surface area contributed by atoms with Crippen LogP contribution in [0, 0.1) is 0 Å². The van der Waals surface area contributed by atoms with Crippen molar-refractivity contribution in [1.29, 1.82) is 0 Å². The van der Waals surface area contributed by atoms with Gasteiger partial charge in [0.25, 0.3) is 11.8 Å². The number of hydrazone groups is 1. The maximum Gasteiger partial charge on any atom is 0.262 e. The standard InChI is InChI=1S/C25H26N4O6/c1-32-21-7-6-17(25(31)28-8-12-33-13-9-28)14-18(21)26-16-24(30)29-20(23-5-3-11-35-23)15-19(27-29)22-4-2-10-34-22/h2-7,10-11,14,20,26H,8-9,12-13,15-16H2,1H3. The Balaban J connectivity index is 1.33. The first-order valence-electron chi connectivity index (χ1n) is 11.4. The number of amides is 2. The molecule has 1 atom stereocenters. The molecule has 2 aromatic heterocycles. The van der Waals surface area contributed by atoms with Gasteiger partial charge >= 0.3 is 0 Å². The molecule has 4 heterocycles. The third kappa shape index (κ3) is 4.78. The smallest absolute Gasteiger partial charge is 0.262 e. The molecular formula is C25H26N4O6. The second-order valence-electron chi connectivity index (χ2n) is 8.17. The minimum Gasteiger partial charge on any atom is -0.495 e. The normalized spacial score (nSPS) is 17.9. The maximum absolute atomic E-state index is 13.3. The zero-order valence-corrected chi connectivity index (χ0v) is 19.3. The zero-order chi connectivity index (χ0) is 24.2. The van der Waals surface area contributed by atoms with E-state index in [0.717, 1.165) is 0 Å². The minimum atomic E-state index is -0.379. The Kier molecular flexibility index (Phi) is 6.53. The molecule has 3 aromatic rings. The van der Waals surface area contributed by atoms with Crippen LogP contribution in [0.4, 0.5) is 5.69 Å². The number of anilines is 1. The fraction of sp³-hybridized carbons (Fsp3) is 0.320. The summed E-state index contributed by atoms with van der Waals surface area (Å²) in [6.07, 6.45) is 3.62. The summed E-state index contributed by atoms with van der Waals surface area (Å²) < 4.78 is 21.8. The first-order chi connectivity index (χ1) is 17.1. The number of rotatable bonds is 7. The van der Waals surface area contributed by atoms with E-state index in [1.165, 1.54) is 5.01 Å². The van der Waals surface area contributed by atoms with Crippen LogP contribution in [0.3, 0.4) is 0 Å². The Bertz CT molecular complexity index is 1200. The van der Waals surface area contributed by atoms with Crippen LogP contribution in [0.2, 0.25) is 0 Å². The van der Waals surface area contributed by atoms with Gasteiger partial charge in [-0.3, -0.25) is 9.59 Å². The van der Waals surface area contributed by atoms with Crippen LogP contribution in [0.1, 0.15) is 34.3 Å². The molecule has 10 nitrogen and oxygen atoms in total. The molecular weight excluding hydrogens is 452 g/mol.